The summed E-state index contributed by atoms with van der Waals surface area (Å²) in [6.07, 6.45) is -0.312. The molecular weight excluding hydrogens is 396 g/mol. The zero-order valence-electron chi connectivity index (χ0n) is 17.3. The second kappa shape index (κ2) is 10.7. The van der Waals surface area contributed by atoms with E-state index in [0.29, 0.717) is 45.8 Å². The normalized spacial score (nSPS) is 15.9. The van der Waals surface area contributed by atoms with Crippen molar-refractivity contribution in [3.05, 3.63) is 29.8 Å². The molecule has 1 heterocycles. The van der Waals surface area contributed by atoms with Crippen LogP contribution in [-0.4, -0.2) is 75.0 Å². The Balaban J connectivity index is 1.86. The lowest BCUT2D eigenvalue weighted by Crippen LogP contribution is -2.46. The van der Waals surface area contributed by atoms with Gasteiger partial charge < -0.3 is 14.4 Å². The predicted molar refractivity (Wildman–Crippen MR) is 108 cm³/mol. The van der Waals surface area contributed by atoms with Gasteiger partial charge >= 0.3 is 5.97 Å². The molecule has 1 amide bonds. The lowest BCUT2D eigenvalue weighted by atomic mass is 10.1. The summed E-state index contributed by atoms with van der Waals surface area (Å²) in [7, 11) is -3.49. The van der Waals surface area contributed by atoms with Crippen LogP contribution in [0.1, 0.15) is 32.8 Å². The molecule has 0 aliphatic carbocycles. The second-order valence-corrected chi connectivity index (χ2v) is 8.74. The van der Waals surface area contributed by atoms with E-state index in [2.05, 4.69) is 0 Å². The highest BCUT2D eigenvalue weighted by atomic mass is 32.2. The van der Waals surface area contributed by atoms with E-state index in [-0.39, 0.29) is 17.2 Å². The predicted octanol–water partition coefficient (Wildman–Crippen LogP) is 1.44. The first-order valence-electron chi connectivity index (χ1n) is 9.94. The van der Waals surface area contributed by atoms with E-state index >= 15 is 0 Å². The first-order chi connectivity index (χ1) is 13.8. The van der Waals surface area contributed by atoms with Crippen molar-refractivity contribution in [2.45, 2.75) is 44.6 Å². The van der Waals surface area contributed by atoms with Crippen LogP contribution in [0.25, 0.3) is 0 Å². The fraction of sp³-hybridized carbons (Fsp3) is 0.600. The molecule has 162 valence electrons. The second-order valence-electron chi connectivity index (χ2n) is 6.80. The van der Waals surface area contributed by atoms with Crippen molar-refractivity contribution >= 4 is 21.9 Å². The highest BCUT2D eigenvalue weighted by Crippen LogP contribution is 2.17. The van der Waals surface area contributed by atoms with Crippen LogP contribution in [0.3, 0.4) is 0 Å². The van der Waals surface area contributed by atoms with Crippen LogP contribution in [0.5, 0.6) is 0 Å². The number of amides is 1. The summed E-state index contributed by atoms with van der Waals surface area (Å²) < 4.78 is 36.8. The number of hydrogen-bond acceptors (Lipinski definition) is 6. The number of carbonyl (C=O) groups is 2. The summed E-state index contributed by atoms with van der Waals surface area (Å²) in [5.41, 5.74) is 0.826. The summed E-state index contributed by atoms with van der Waals surface area (Å²) in [4.78, 5) is 26.2. The Morgan fingerprint density at radius 2 is 1.72 bits per heavy atom. The van der Waals surface area contributed by atoms with E-state index in [1.807, 2.05) is 0 Å². The number of morpholine rings is 1. The fourth-order valence-electron chi connectivity index (χ4n) is 3.13. The number of rotatable bonds is 9. The number of ether oxygens (including phenoxy) is 2. The maximum Gasteiger partial charge on any atom is 0.306 e. The van der Waals surface area contributed by atoms with E-state index in [1.165, 1.54) is 4.31 Å². The Kier molecular flexibility index (Phi) is 8.60. The monoisotopic (exact) mass is 426 g/mol. The average molecular weight is 427 g/mol. The molecule has 1 aliphatic heterocycles. The molecule has 0 aromatic heterocycles. The van der Waals surface area contributed by atoms with Crippen LogP contribution in [0.4, 0.5) is 0 Å². The third-order valence-electron chi connectivity index (χ3n) is 4.86. The molecular formula is C20H30N2O6S. The molecule has 0 N–H and O–H groups in total. The first kappa shape index (κ1) is 23.3. The summed E-state index contributed by atoms with van der Waals surface area (Å²) in [6.45, 7) is 7.98. The summed E-state index contributed by atoms with van der Waals surface area (Å²) in [6, 6.07) is 6.51. The van der Waals surface area contributed by atoms with Crippen molar-refractivity contribution in [3.63, 3.8) is 0 Å². The summed E-state index contributed by atoms with van der Waals surface area (Å²) in [5.74, 6) is -0.674. The zero-order chi connectivity index (χ0) is 21.4. The molecule has 1 saturated heterocycles. The van der Waals surface area contributed by atoms with Gasteiger partial charge in [-0.2, -0.15) is 4.31 Å². The standard InChI is InChI=1S/C20H30N2O6S/c1-4-22(5-2)29(25,26)18-9-6-17(7-10-18)8-11-19(23)28-16(3)20(24)21-12-14-27-15-13-21/h6-7,9-10,16H,4-5,8,11-15H2,1-3H3. The van der Waals surface area contributed by atoms with E-state index in [4.69, 9.17) is 9.47 Å². The quantitative estimate of drug-likeness (QED) is 0.555. The third kappa shape index (κ3) is 6.25. The minimum atomic E-state index is -3.49. The highest BCUT2D eigenvalue weighted by Gasteiger charge is 2.25. The molecule has 0 saturated carbocycles. The number of esters is 1. The van der Waals surface area contributed by atoms with Gasteiger partial charge in [0, 0.05) is 32.6 Å². The van der Waals surface area contributed by atoms with Gasteiger partial charge in [-0.05, 0) is 31.0 Å². The minimum Gasteiger partial charge on any atom is -0.453 e. The molecule has 1 fully saturated rings. The average Bonchev–Trinajstić information content (AvgIpc) is 2.73. The Morgan fingerprint density at radius 1 is 1.14 bits per heavy atom. The van der Waals surface area contributed by atoms with Gasteiger partial charge in [-0.3, -0.25) is 9.59 Å². The summed E-state index contributed by atoms with van der Waals surface area (Å²) >= 11 is 0. The van der Waals surface area contributed by atoms with Crippen molar-refractivity contribution in [3.8, 4) is 0 Å². The van der Waals surface area contributed by atoms with Crippen LogP contribution < -0.4 is 0 Å². The van der Waals surface area contributed by atoms with Crippen molar-refractivity contribution < 1.29 is 27.5 Å². The van der Waals surface area contributed by atoms with Crippen LogP contribution in [-0.2, 0) is 35.5 Å². The van der Waals surface area contributed by atoms with Crippen molar-refractivity contribution in [1.29, 1.82) is 0 Å². The minimum absolute atomic E-state index is 0.114. The Morgan fingerprint density at radius 3 is 2.28 bits per heavy atom. The van der Waals surface area contributed by atoms with Crippen LogP contribution in [0.15, 0.2) is 29.2 Å². The van der Waals surface area contributed by atoms with E-state index in [0.717, 1.165) is 5.56 Å². The number of aryl methyl sites for hydroxylation is 1. The Hall–Kier alpha value is -1.97. The zero-order valence-corrected chi connectivity index (χ0v) is 18.1. The third-order valence-corrected chi connectivity index (χ3v) is 6.93. The van der Waals surface area contributed by atoms with Gasteiger partial charge in [0.05, 0.1) is 18.1 Å². The van der Waals surface area contributed by atoms with Crippen LogP contribution in [0.2, 0.25) is 0 Å². The molecule has 1 unspecified atom stereocenters. The van der Waals surface area contributed by atoms with Crippen LogP contribution in [0, 0.1) is 0 Å². The van der Waals surface area contributed by atoms with Crippen molar-refractivity contribution in [2.24, 2.45) is 0 Å². The molecule has 0 bridgehead atoms. The molecule has 2 rings (SSSR count). The lowest BCUT2D eigenvalue weighted by Gasteiger charge is -2.28. The first-order valence-corrected chi connectivity index (χ1v) is 11.4. The van der Waals surface area contributed by atoms with Crippen molar-refractivity contribution in [1.82, 2.24) is 9.21 Å². The van der Waals surface area contributed by atoms with E-state index in [1.54, 1.807) is 49.9 Å². The van der Waals surface area contributed by atoms with Gasteiger partial charge in [-0.25, -0.2) is 8.42 Å². The largest absolute Gasteiger partial charge is 0.453 e. The highest BCUT2D eigenvalue weighted by molar-refractivity contribution is 7.89. The summed E-state index contributed by atoms with van der Waals surface area (Å²) in [5, 5.41) is 0. The van der Waals surface area contributed by atoms with Gasteiger partial charge in [0.15, 0.2) is 6.10 Å². The number of sulfonamides is 1. The Bertz CT molecular complexity index is 784. The maximum absolute atomic E-state index is 12.5. The molecule has 1 aromatic rings. The van der Waals surface area contributed by atoms with E-state index in [9.17, 15) is 18.0 Å². The van der Waals surface area contributed by atoms with Crippen LogP contribution >= 0.6 is 0 Å². The molecule has 0 spiro atoms. The SMILES string of the molecule is CCN(CC)S(=O)(=O)c1ccc(CCC(=O)OC(C)C(=O)N2CCOCC2)cc1. The molecule has 1 atom stereocenters. The van der Waals surface area contributed by atoms with Gasteiger partial charge in [-0.15, -0.1) is 0 Å². The van der Waals surface area contributed by atoms with E-state index < -0.39 is 22.1 Å². The molecule has 0 radical (unpaired) electrons. The van der Waals surface area contributed by atoms with Gasteiger partial charge in [0.2, 0.25) is 10.0 Å². The molecule has 1 aromatic carbocycles. The van der Waals surface area contributed by atoms with Crippen molar-refractivity contribution in [2.75, 3.05) is 39.4 Å². The Labute approximate surface area is 172 Å². The number of nitrogens with zero attached hydrogens (tertiary/aromatic N) is 2. The molecule has 29 heavy (non-hydrogen) atoms. The number of carbonyl (C=O) groups excluding carboxylic acids is 2. The smallest absolute Gasteiger partial charge is 0.306 e. The maximum atomic E-state index is 12.5. The number of hydrogen-bond donors (Lipinski definition) is 0. The van der Waals surface area contributed by atoms with Gasteiger partial charge in [0.25, 0.3) is 5.91 Å². The number of benzene rings is 1. The molecule has 1 aliphatic rings. The topological polar surface area (TPSA) is 93.2 Å². The van der Waals surface area contributed by atoms with Gasteiger partial charge in [-0.1, -0.05) is 26.0 Å². The lowest BCUT2D eigenvalue weighted by molar-refractivity contribution is -0.160. The molecule has 9 heteroatoms. The molecule has 8 nitrogen and oxygen atoms in total. The van der Waals surface area contributed by atoms with Gasteiger partial charge in [0.1, 0.15) is 0 Å². The fourth-order valence-corrected chi connectivity index (χ4v) is 4.59.